The fraction of sp³-hybridized carbons (Fsp3) is 0.167. The SMILES string of the molecule is COc1ccccc1-c1csc(NC(C)=O)n1. The van der Waals surface area contributed by atoms with E-state index < -0.39 is 0 Å². The molecule has 1 amide bonds. The predicted octanol–water partition coefficient (Wildman–Crippen LogP) is 2.78. The van der Waals surface area contributed by atoms with Gasteiger partial charge in [-0.15, -0.1) is 11.3 Å². The van der Waals surface area contributed by atoms with Crippen LogP contribution in [0, 0.1) is 0 Å². The van der Waals surface area contributed by atoms with Crippen LogP contribution in [0.2, 0.25) is 0 Å². The number of thiazole rings is 1. The zero-order valence-electron chi connectivity index (χ0n) is 9.56. The molecule has 0 atom stereocenters. The molecule has 0 aliphatic rings. The number of rotatable bonds is 3. The third-order valence-corrected chi connectivity index (χ3v) is 2.93. The van der Waals surface area contributed by atoms with Crippen LogP contribution in [-0.2, 0) is 4.79 Å². The molecule has 0 saturated heterocycles. The number of hydrogen-bond acceptors (Lipinski definition) is 4. The molecular weight excluding hydrogens is 236 g/mol. The van der Waals surface area contributed by atoms with Crippen molar-refractivity contribution in [3.8, 4) is 17.0 Å². The third-order valence-electron chi connectivity index (χ3n) is 2.17. The number of amides is 1. The van der Waals surface area contributed by atoms with Crippen molar-refractivity contribution in [3.63, 3.8) is 0 Å². The second kappa shape index (κ2) is 4.97. The minimum absolute atomic E-state index is 0.120. The van der Waals surface area contributed by atoms with Crippen LogP contribution in [0.15, 0.2) is 29.6 Å². The van der Waals surface area contributed by atoms with Crippen LogP contribution in [-0.4, -0.2) is 18.0 Å². The number of carbonyl (C=O) groups excluding carboxylic acids is 1. The van der Waals surface area contributed by atoms with Gasteiger partial charge in [0.05, 0.1) is 12.8 Å². The molecule has 0 unspecified atom stereocenters. The van der Waals surface area contributed by atoms with E-state index in [0.717, 1.165) is 17.0 Å². The largest absolute Gasteiger partial charge is 0.496 e. The highest BCUT2D eigenvalue weighted by molar-refractivity contribution is 7.14. The highest BCUT2D eigenvalue weighted by atomic mass is 32.1. The maximum absolute atomic E-state index is 10.9. The maximum Gasteiger partial charge on any atom is 0.223 e. The Morgan fingerprint density at radius 3 is 2.88 bits per heavy atom. The quantitative estimate of drug-likeness (QED) is 0.908. The molecule has 1 heterocycles. The lowest BCUT2D eigenvalue weighted by molar-refractivity contribution is -0.114. The zero-order valence-corrected chi connectivity index (χ0v) is 10.4. The van der Waals surface area contributed by atoms with Crippen LogP contribution < -0.4 is 10.1 Å². The molecule has 0 saturated carbocycles. The van der Waals surface area contributed by atoms with E-state index >= 15 is 0 Å². The molecule has 4 nitrogen and oxygen atoms in total. The second-order valence-electron chi connectivity index (χ2n) is 3.42. The fourth-order valence-corrected chi connectivity index (χ4v) is 2.22. The molecule has 0 aliphatic heterocycles. The topological polar surface area (TPSA) is 51.2 Å². The van der Waals surface area contributed by atoms with Gasteiger partial charge in [-0.3, -0.25) is 4.79 Å². The summed E-state index contributed by atoms with van der Waals surface area (Å²) in [5, 5.41) is 5.15. The number of benzene rings is 1. The summed E-state index contributed by atoms with van der Waals surface area (Å²) in [6.07, 6.45) is 0. The van der Waals surface area contributed by atoms with Gasteiger partial charge in [0.2, 0.25) is 5.91 Å². The number of ether oxygens (including phenoxy) is 1. The molecule has 17 heavy (non-hydrogen) atoms. The summed E-state index contributed by atoms with van der Waals surface area (Å²) < 4.78 is 5.27. The summed E-state index contributed by atoms with van der Waals surface area (Å²) in [7, 11) is 1.62. The minimum atomic E-state index is -0.120. The van der Waals surface area contributed by atoms with E-state index in [2.05, 4.69) is 10.3 Å². The van der Waals surface area contributed by atoms with Gasteiger partial charge in [0.1, 0.15) is 5.75 Å². The van der Waals surface area contributed by atoms with Crippen LogP contribution in [0.3, 0.4) is 0 Å². The second-order valence-corrected chi connectivity index (χ2v) is 4.28. The number of anilines is 1. The lowest BCUT2D eigenvalue weighted by Gasteiger charge is -2.04. The molecule has 1 N–H and O–H groups in total. The van der Waals surface area contributed by atoms with Crippen molar-refractivity contribution in [3.05, 3.63) is 29.6 Å². The minimum Gasteiger partial charge on any atom is -0.496 e. The van der Waals surface area contributed by atoms with E-state index in [0.29, 0.717) is 5.13 Å². The maximum atomic E-state index is 10.9. The van der Waals surface area contributed by atoms with E-state index in [1.54, 1.807) is 7.11 Å². The Morgan fingerprint density at radius 2 is 2.18 bits per heavy atom. The smallest absolute Gasteiger partial charge is 0.223 e. The monoisotopic (exact) mass is 248 g/mol. The Hall–Kier alpha value is -1.88. The molecule has 0 bridgehead atoms. The van der Waals surface area contributed by atoms with Gasteiger partial charge in [-0.05, 0) is 12.1 Å². The Labute approximate surface area is 103 Å². The first-order valence-electron chi connectivity index (χ1n) is 5.07. The highest BCUT2D eigenvalue weighted by Gasteiger charge is 2.09. The van der Waals surface area contributed by atoms with Gasteiger partial charge < -0.3 is 10.1 Å². The number of aromatic nitrogens is 1. The van der Waals surface area contributed by atoms with Crippen LogP contribution in [0.1, 0.15) is 6.92 Å². The van der Waals surface area contributed by atoms with Crippen molar-refractivity contribution in [2.75, 3.05) is 12.4 Å². The number of methoxy groups -OCH3 is 1. The molecule has 5 heteroatoms. The van der Waals surface area contributed by atoms with E-state index in [1.807, 2.05) is 29.6 Å². The normalized spacial score (nSPS) is 10.0. The van der Waals surface area contributed by atoms with Crippen molar-refractivity contribution in [2.24, 2.45) is 0 Å². The molecule has 0 fully saturated rings. The summed E-state index contributed by atoms with van der Waals surface area (Å²) in [5.41, 5.74) is 1.72. The number of carbonyl (C=O) groups is 1. The summed E-state index contributed by atoms with van der Waals surface area (Å²) in [5.74, 6) is 0.651. The van der Waals surface area contributed by atoms with Crippen LogP contribution >= 0.6 is 11.3 Å². The van der Waals surface area contributed by atoms with E-state index in [9.17, 15) is 4.79 Å². The molecular formula is C12H12N2O2S. The van der Waals surface area contributed by atoms with Crippen molar-refractivity contribution in [2.45, 2.75) is 6.92 Å². The summed E-state index contributed by atoms with van der Waals surface area (Å²) in [6, 6.07) is 7.65. The first-order chi connectivity index (χ1) is 8.20. The number of nitrogens with zero attached hydrogens (tertiary/aromatic N) is 1. The fourth-order valence-electron chi connectivity index (χ4n) is 1.46. The first kappa shape index (κ1) is 11.6. The molecule has 1 aromatic carbocycles. The molecule has 2 rings (SSSR count). The van der Waals surface area contributed by atoms with Crippen LogP contribution in [0.25, 0.3) is 11.3 Å². The van der Waals surface area contributed by atoms with Crippen molar-refractivity contribution in [1.29, 1.82) is 0 Å². The summed E-state index contributed by atoms with van der Waals surface area (Å²) in [6.45, 7) is 1.46. The standard InChI is InChI=1S/C12H12N2O2S/c1-8(15)13-12-14-10(7-17-12)9-5-3-4-6-11(9)16-2/h3-7H,1-2H3,(H,13,14,15). The van der Waals surface area contributed by atoms with Crippen LogP contribution in [0.4, 0.5) is 5.13 Å². The van der Waals surface area contributed by atoms with Crippen molar-refractivity contribution >= 4 is 22.4 Å². The molecule has 88 valence electrons. The molecule has 0 radical (unpaired) electrons. The lowest BCUT2D eigenvalue weighted by Crippen LogP contribution is -2.04. The van der Waals surface area contributed by atoms with E-state index in [1.165, 1.54) is 18.3 Å². The number of hydrogen-bond donors (Lipinski definition) is 1. The molecule has 2 aromatic rings. The summed E-state index contributed by atoms with van der Waals surface area (Å²) >= 11 is 1.39. The van der Waals surface area contributed by atoms with Gasteiger partial charge in [0.25, 0.3) is 0 Å². The molecule has 0 spiro atoms. The Balaban J connectivity index is 2.33. The van der Waals surface area contributed by atoms with Crippen LogP contribution in [0.5, 0.6) is 5.75 Å². The third kappa shape index (κ3) is 2.62. The lowest BCUT2D eigenvalue weighted by atomic mass is 10.1. The van der Waals surface area contributed by atoms with Gasteiger partial charge in [0.15, 0.2) is 5.13 Å². The molecule has 1 aromatic heterocycles. The first-order valence-corrected chi connectivity index (χ1v) is 5.95. The molecule has 0 aliphatic carbocycles. The van der Waals surface area contributed by atoms with Crippen molar-refractivity contribution in [1.82, 2.24) is 4.98 Å². The van der Waals surface area contributed by atoms with Gasteiger partial charge in [-0.25, -0.2) is 4.98 Å². The van der Waals surface area contributed by atoms with E-state index in [4.69, 9.17) is 4.74 Å². The van der Waals surface area contributed by atoms with Gasteiger partial charge >= 0.3 is 0 Å². The van der Waals surface area contributed by atoms with E-state index in [-0.39, 0.29) is 5.91 Å². The number of nitrogens with one attached hydrogen (secondary N) is 1. The predicted molar refractivity (Wildman–Crippen MR) is 68.4 cm³/mol. The average Bonchev–Trinajstić information content (AvgIpc) is 2.76. The summed E-state index contributed by atoms with van der Waals surface area (Å²) in [4.78, 5) is 15.2. The Morgan fingerprint density at radius 1 is 1.41 bits per heavy atom. The Bertz CT molecular complexity index is 537. The Kier molecular flexibility index (Phi) is 3.39. The zero-order chi connectivity index (χ0) is 12.3. The average molecular weight is 248 g/mol. The van der Waals surface area contributed by atoms with Gasteiger partial charge in [0, 0.05) is 17.9 Å². The number of para-hydroxylation sites is 1. The van der Waals surface area contributed by atoms with Gasteiger partial charge in [-0.1, -0.05) is 12.1 Å². The van der Waals surface area contributed by atoms with Crippen molar-refractivity contribution < 1.29 is 9.53 Å². The highest BCUT2D eigenvalue weighted by Crippen LogP contribution is 2.31. The van der Waals surface area contributed by atoms with Gasteiger partial charge in [-0.2, -0.15) is 0 Å².